The summed E-state index contributed by atoms with van der Waals surface area (Å²) >= 11 is 0. The lowest BCUT2D eigenvalue weighted by molar-refractivity contribution is -0.130. The lowest BCUT2D eigenvalue weighted by Gasteiger charge is -2.29. The Hall–Kier alpha value is -0.410. The van der Waals surface area contributed by atoms with Crippen molar-refractivity contribution in [3.63, 3.8) is 0 Å². The van der Waals surface area contributed by atoms with E-state index in [0.29, 0.717) is 0 Å². The third-order valence-electron chi connectivity index (χ3n) is 2.49. The van der Waals surface area contributed by atoms with Gasteiger partial charge in [0.15, 0.2) is 5.78 Å². The summed E-state index contributed by atoms with van der Waals surface area (Å²) in [5, 5.41) is 12.7. The van der Waals surface area contributed by atoms with Gasteiger partial charge in [-0.3, -0.25) is 4.79 Å². The maximum atomic E-state index is 11.9. The maximum Gasteiger partial charge on any atom is 0.155 e. The highest BCUT2D eigenvalue weighted by atomic mass is 16.3. The normalized spacial score (nSPS) is 16.4. The highest BCUT2D eigenvalue weighted by molar-refractivity contribution is 5.87. The number of rotatable bonds is 6. The van der Waals surface area contributed by atoms with Crippen LogP contribution in [-0.4, -0.2) is 29.6 Å². The van der Waals surface area contributed by atoms with Crippen molar-refractivity contribution in [2.24, 2.45) is 5.92 Å². The third kappa shape index (κ3) is 3.76. The van der Waals surface area contributed by atoms with Crippen LogP contribution in [0.4, 0.5) is 0 Å². The van der Waals surface area contributed by atoms with E-state index in [1.165, 1.54) is 0 Å². The number of Topliss-reactive ketones (excluding diaryl/α,β-unsaturated/α-hetero) is 1. The van der Waals surface area contributed by atoms with Gasteiger partial charge in [-0.25, -0.2) is 0 Å². The molecule has 0 bridgehead atoms. The van der Waals surface area contributed by atoms with Crippen molar-refractivity contribution in [2.75, 3.05) is 7.05 Å². The molecule has 0 spiro atoms. The molecule has 3 nitrogen and oxygen atoms in total. The van der Waals surface area contributed by atoms with Crippen molar-refractivity contribution in [3.05, 3.63) is 0 Å². The number of nitrogens with one attached hydrogen (secondary N) is 1. The SMILES string of the molecule is CCCC(C)C(=O)[C@@H](NC)C(C)(C)O. The van der Waals surface area contributed by atoms with E-state index >= 15 is 0 Å². The molecule has 14 heavy (non-hydrogen) atoms. The predicted molar refractivity (Wildman–Crippen MR) is 58.2 cm³/mol. The molecular weight excluding hydrogens is 178 g/mol. The van der Waals surface area contributed by atoms with Crippen LogP contribution in [0.1, 0.15) is 40.5 Å². The first kappa shape index (κ1) is 13.6. The summed E-state index contributed by atoms with van der Waals surface area (Å²) in [4.78, 5) is 11.9. The fraction of sp³-hybridized carbons (Fsp3) is 0.909. The predicted octanol–water partition coefficient (Wildman–Crippen LogP) is 1.35. The average Bonchev–Trinajstić information content (AvgIpc) is 2.03. The van der Waals surface area contributed by atoms with Gasteiger partial charge in [-0.05, 0) is 27.3 Å². The number of ketones is 1. The summed E-state index contributed by atoms with van der Waals surface area (Å²) in [7, 11) is 1.71. The standard InChI is InChI=1S/C11H23NO2/c1-6-7-8(2)9(13)10(12-5)11(3,4)14/h8,10,12,14H,6-7H2,1-5H3/t8?,10-/m1/s1. The van der Waals surface area contributed by atoms with Gasteiger partial charge in [0.05, 0.1) is 11.6 Å². The average molecular weight is 201 g/mol. The van der Waals surface area contributed by atoms with Gasteiger partial charge in [-0.2, -0.15) is 0 Å². The van der Waals surface area contributed by atoms with Gasteiger partial charge in [-0.15, -0.1) is 0 Å². The summed E-state index contributed by atoms with van der Waals surface area (Å²) in [6, 6.07) is -0.468. The van der Waals surface area contributed by atoms with Crippen LogP contribution in [0, 0.1) is 5.92 Å². The molecule has 0 saturated carbocycles. The number of hydrogen-bond acceptors (Lipinski definition) is 3. The minimum Gasteiger partial charge on any atom is -0.388 e. The molecule has 0 aliphatic rings. The fourth-order valence-corrected chi connectivity index (χ4v) is 1.70. The molecular formula is C11H23NO2. The molecule has 3 heteroatoms. The molecule has 0 rings (SSSR count). The van der Waals surface area contributed by atoms with E-state index in [1.807, 2.05) is 6.92 Å². The second-order valence-corrected chi connectivity index (χ2v) is 4.47. The van der Waals surface area contributed by atoms with Crippen LogP contribution in [0.5, 0.6) is 0 Å². The molecule has 2 N–H and O–H groups in total. The van der Waals surface area contributed by atoms with E-state index in [-0.39, 0.29) is 11.7 Å². The summed E-state index contributed by atoms with van der Waals surface area (Å²) < 4.78 is 0. The molecule has 0 fully saturated rings. The Balaban J connectivity index is 4.47. The molecule has 0 amide bonds. The van der Waals surface area contributed by atoms with Gasteiger partial charge in [0.1, 0.15) is 0 Å². The first-order valence-electron chi connectivity index (χ1n) is 5.28. The molecule has 0 saturated heterocycles. The molecule has 0 aliphatic heterocycles. The zero-order valence-electron chi connectivity index (χ0n) is 9.92. The molecule has 2 atom stereocenters. The van der Waals surface area contributed by atoms with Gasteiger partial charge in [-0.1, -0.05) is 20.3 Å². The Morgan fingerprint density at radius 2 is 2.00 bits per heavy atom. The second-order valence-electron chi connectivity index (χ2n) is 4.47. The number of hydrogen-bond donors (Lipinski definition) is 2. The summed E-state index contributed by atoms with van der Waals surface area (Å²) in [6.07, 6.45) is 1.88. The van der Waals surface area contributed by atoms with Gasteiger partial charge < -0.3 is 10.4 Å². The van der Waals surface area contributed by atoms with Crippen molar-refractivity contribution in [1.82, 2.24) is 5.32 Å². The van der Waals surface area contributed by atoms with Gasteiger partial charge >= 0.3 is 0 Å². The van der Waals surface area contributed by atoms with Crippen LogP contribution in [0.25, 0.3) is 0 Å². The quantitative estimate of drug-likeness (QED) is 0.682. The molecule has 1 unspecified atom stereocenters. The molecule has 0 aromatic carbocycles. The van der Waals surface area contributed by atoms with Crippen LogP contribution in [0.15, 0.2) is 0 Å². The topological polar surface area (TPSA) is 49.3 Å². The minimum atomic E-state index is -0.992. The lowest BCUT2D eigenvalue weighted by Crippen LogP contribution is -2.52. The molecule has 0 aliphatic carbocycles. The number of likely N-dealkylation sites (N-methyl/N-ethyl adjacent to an activating group) is 1. The Labute approximate surface area is 86.9 Å². The third-order valence-corrected chi connectivity index (χ3v) is 2.49. The van der Waals surface area contributed by atoms with Gasteiger partial charge in [0.2, 0.25) is 0 Å². The van der Waals surface area contributed by atoms with Crippen molar-refractivity contribution >= 4 is 5.78 Å². The van der Waals surface area contributed by atoms with Gasteiger partial charge in [0, 0.05) is 5.92 Å². The molecule has 0 radical (unpaired) electrons. The Morgan fingerprint density at radius 3 is 2.29 bits per heavy atom. The monoisotopic (exact) mass is 201 g/mol. The molecule has 0 aromatic rings. The van der Waals surface area contributed by atoms with Crippen molar-refractivity contribution in [2.45, 2.75) is 52.2 Å². The zero-order chi connectivity index (χ0) is 11.4. The highest BCUT2D eigenvalue weighted by Crippen LogP contribution is 2.16. The van der Waals surface area contributed by atoms with Crippen LogP contribution in [0.2, 0.25) is 0 Å². The number of aliphatic hydroxyl groups is 1. The summed E-state index contributed by atoms with van der Waals surface area (Å²) in [6.45, 7) is 7.29. The lowest BCUT2D eigenvalue weighted by atomic mass is 9.87. The van der Waals surface area contributed by atoms with Crippen molar-refractivity contribution in [3.8, 4) is 0 Å². The zero-order valence-corrected chi connectivity index (χ0v) is 9.92. The fourth-order valence-electron chi connectivity index (χ4n) is 1.70. The van der Waals surface area contributed by atoms with E-state index in [4.69, 9.17) is 0 Å². The first-order chi connectivity index (χ1) is 6.34. The van der Waals surface area contributed by atoms with E-state index in [9.17, 15) is 9.90 Å². The Morgan fingerprint density at radius 1 is 1.50 bits per heavy atom. The number of carbonyl (C=O) groups is 1. The van der Waals surface area contributed by atoms with Crippen LogP contribution in [-0.2, 0) is 4.79 Å². The molecule has 0 heterocycles. The van der Waals surface area contributed by atoms with Gasteiger partial charge in [0.25, 0.3) is 0 Å². The van der Waals surface area contributed by atoms with Crippen molar-refractivity contribution in [1.29, 1.82) is 0 Å². The van der Waals surface area contributed by atoms with E-state index < -0.39 is 11.6 Å². The van der Waals surface area contributed by atoms with Crippen LogP contribution >= 0.6 is 0 Å². The maximum absolute atomic E-state index is 11.9. The van der Waals surface area contributed by atoms with E-state index in [2.05, 4.69) is 12.2 Å². The van der Waals surface area contributed by atoms with Crippen LogP contribution in [0.3, 0.4) is 0 Å². The van der Waals surface area contributed by atoms with E-state index in [1.54, 1.807) is 20.9 Å². The minimum absolute atomic E-state index is 0.0175. The first-order valence-corrected chi connectivity index (χ1v) is 5.28. The number of carbonyl (C=O) groups excluding carboxylic acids is 1. The Kier molecular flexibility index (Phi) is 5.31. The largest absolute Gasteiger partial charge is 0.388 e. The smallest absolute Gasteiger partial charge is 0.155 e. The van der Waals surface area contributed by atoms with E-state index in [0.717, 1.165) is 12.8 Å². The van der Waals surface area contributed by atoms with Crippen LogP contribution < -0.4 is 5.32 Å². The van der Waals surface area contributed by atoms with Crippen molar-refractivity contribution < 1.29 is 9.90 Å². The summed E-state index contributed by atoms with van der Waals surface area (Å²) in [5.41, 5.74) is -0.992. The Bertz CT molecular complexity index is 184. The molecule has 84 valence electrons. The second kappa shape index (κ2) is 5.47. The molecule has 0 aromatic heterocycles. The highest BCUT2D eigenvalue weighted by Gasteiger charge is 2.33. The summed E-state index contributed by atoms with van der Waals surface area (Å²) in [5.74, 6) is 0.116.